The molecule has 202 valence electrons. The summed E-state index contributed by atoms with van der Waals surface area (Å²) in [4.78, 5) is 2.27. The summed E-state index contributed by atoms with van der Waals surface area (Å²) in [6.45, 7) is 0. The highest BCUT2D eigenvalue weighted by atomic mass is 16.5. The topological polar surface area (TPSA) is 25.6 Å². The van der Waals surface area contributed by atoms with Crippen molar-refractivity contribution < 1.29 is 9.15 Å². The minimum atomic E-state index is 0.875. The highest BCUT2D eigenvalue weighted by molar-refractivity contribution is 6.11. The van der Waals surface area contributed by atoms with Gasteiger partial charge in [-0.25, -0.2) is 0 Å². The number of hydrogen-bond donors (Lipinski definition) is 0. The molecule has 0 saturated carbocycles. The molecule has 0 fully saturated rings. The molecule has 0 radical (unpaired) electrons. The summed E-state index contributed by atoms with van der Waals surface area (Å²) in [7, 11) is 0. The third-order valence-electron chi connectivity index (χ3n) is 8.47. The zero-order valence-corrected chi connectivity index (χ0v) is 23.2. The summed E-state index contributed by atoms with van der Waals surface area (Å²) >= 11 is 0. The van der Waals surface area contributed by atoms with Crippen molar-refractivity contribution in [3.8, 4) is 33.8 Å². The molecule has 1 aliphatic heterocycles. The molecule has 9 rings (SSSR count). The van der Waals surface area contributed by atoms with E-state index < -0.39 is 0 Å². The van der Waals surface area contributed by atoms with E-state index in [2.05, 4.69) is 126 Å². The molecule has 0 spiro atoms. The molecule has 0 bridgehead atoms. The maximum absolute atomic E-state index is 6.46. The standard InChI is InChI=1S/C40H25NO2/c1-2-10-27(11-3-1)41(35-17-9-16-34-31-13-5-7-19-37(31)43-40(34)35)28-22-20-26(21-23-28)29-24-25-38-39-32(29)14-8-15-33(39)30-12-4-6-18-36(30)42-38/h1-25H. The summed E-state index contributed by atoms with van der Waals surface area (Å²) in [6, 6.07) is 53.0. The fourth-order valence-corrected chi connectivity index (χ4v) is 6.53. The van der Waals surface area contributed by atoms with Crippen LogP contribution in [0, 0.1) is 0 Å². The summed E-state index contributed by atoms with van der Waals surface area (Å²) < 4.78 is 12.8. The molecule has 0 saturated heterocycles. The first-order valence-electron chi connectivity index (χ1n) is 14.5. The molecule has 0 N–H and O–H groups in total. The van der Waals surface area contributed by atoms with Crippen molar-refractivity contribution in [3.63, 3.8) is 0 Å². The Morgan fingerprint density at radius 3 is 2.02 bits per heavy atom. The third kappa shape index (κ3) is 3.68. The van der Waals surface area contributed by atoms with Gasteiger partial charge in [-0.1, -0.05) is 103 Å². The SMILES string of the molecule is c1ccc(N(c2ccc(-c3ccc4c5c(cccc35)-c3ccccc3O4)cc2)c2cccc3c2oc2ccccc23)cc1. The van der Waals surface area contributed by atoms with Crippen LogP contribution in [0.2, 0.25) is 0 Å². The van der Waals surface area contributed by atoms with Gasteiger partial charge in [0.25, 0.3) is 0 Å². The zero-order chi connectivity index (χ0) is 28.3. The third-order valence-corrected chi connectivity index (χ3v) is 8.47. The minimum Gasteiger partial charge on any atom is -0.456 e. The van der Waals surface area contributed by atoms with Gasteiger partial charge in [-0.3, -0.25) is 0 Å². The van der Waals surface area contributed by atoms with Crippen LogP contribution in [0.15, 0.2) is 156 Å². The highest BCUT2D eigenvalue weighted by Crippen LogP contribution is 2.49. The van der Waals surface area contributed by atoms with Crippen LogP contribution in [0.25, 0.3) is 55.0 Å². The number of furan rings is 1. The van der Waals surface area contributed by atoms with Crippen molar-refractivity contribution in [1.82, 2.24) is 0 Å². The van der Waals surface area contributed by atoms with Gasteiger partial charge in [0, 0.05) is 33.1 Å². The summed E-state index contributed by atoms with van der Waals surface area (Å²) in [6.07, 6.45) is 0. The molecule has 8 aromatic rings. The maximum atomic E-state index is 6.46. The molecule has 7 aromatic carbocycles. The maximum Gasteiger partial charge on any atom is 0.159 e. The average Bonchev–Trinajstić information content (AvgIpc) is 3.46. The van der Waals surface area contributed by atoms with Crippen molar-refractivity contribution in [2.45, 2.75) is 0 Å². The number of hydrogen-bond acceptors (Lipinski definition) is 3. The van der Waals surface area contributed by atoms with E-state index >= 15 is 0 Å². The Labute approximate surface area is 248 Å². The predicted molar refractivity (Wildman–Crippen MR) is 177 cm³/mol. The van der Waals surface area contributed by atoms with Gasteiger partial charge in [0.05, 0.1) is 5.69 Å². The monoisotopic (exact) mass is 551 g/mol. The van der Waals surface area contributed by atoms with Crippen LogP contribution >= 0.6 is 0 Å². The molecule has 1 aromatic heterocycles. The largest absolute Gasteiger partial charge is 0.456 e. The van der Waals surface area contributed by atoms with Gasteiger partial charge in [0.1, 0.15) is 17.1 Å². The van der Waals surface area contributed by atoms with E-state index in [1.807, 2.05) is 30.3 Å². The zero-order valence-electron chi connectivity index (χ0n) is 23.2. The lowest BCUT2D eigenvalue weighted by atomic mass is 9.90. The Bertz CT molecular complexity index is 2320. The lowest BCUT2D eigenvalue weighted by Crippen LogP contribution is -2.10. The summed E-state index contributed by atoms with van der Waals surface area (Å²) in [5.74, 6) is 1.80. The fraction of sp³-hybridized carbons (Fsp3) is 0. The van der Waals surface area contributed by atoms with Crippen LogP contribution in [0.1, 0.15) is 0 Å². The van der Waals surface area contributed by atoms with Gasteiger partial charge in [0.2, 0.25) is 0 Å². The fourth-order valence-electron chi connectivity index (χ4n) is 6.53. The van der Waals surface area contributed by atoms with Crippen LogP contribution in [0.4, 0.5) is 17.1 Å². The first-order valence-corrected chi connectivity index (χ1v) is 14.5. The van der Waals surface area contributed by atoms with E-state index in [-0.39, 0.29) is 0 Å². The quantitative estimate of drug-likeness (QED) is 0.218. The Kier molecular flexibility index (Phi) is 5.20. The molecule has 3 nitrogen and oxygen atoms in total. The van der Waals surface area contributed by atoms with Crippen LogP contribution in [-0.4, -0.2) is 0 Å². The number of fused-ring (bicyclic) bond motifs is 5. The number of anilines is 3. The Morgan fingerprint density at radius 2 is 1.12 bits per heavy atom. The van der Waals surface area contributed by atoms with Crippen LogP contribution < -0.4 is 9.64 Å². The van der Waals surface area contributed by atoms with Crippen molar-refractivity contribution in [1.29, 1.82) is 0 Å². The molecule has 0 unspecified atom stereocenters. The van der Waals surface area contributed by atoms with Gasteiger partial charge >= 0.3 is 0 Å². The summed E-state index contributed by atoms with van der Waals surface area (Å²) in [5, 5.41) is 4.57. The van der Waals surface area contributed by atoms with E-state index in [0.717, 1.165) is 67.0 Å². The van der Waals surface area contributed by atoms with Crippen LogP contribution in [0.5, 0.6) is 11.5 Å². The molecular weight excluding hydrogens is 526 g/mol. The summed E-state index contributed by atoms with van der Waals surface area (Å²) in [5.41, 5.74) is 9.58. The second kappa shape index (κ2) is 9.37. The predicted octanol–water partition coefficient (Wildman–Crippen LogP) is 11.6. The number of nitrogens with zero attached hydrogens (tertiary/aromatic N) is 1. The number of ether oxygens (including phenoxy) is 1. The molecule has 2 heterocycles. The molecule has 43 heavy (non-hydrogen) atoms. The molecule has 1 aliphatic rings. The molecule has 0 aliphatic carbocycles. The number of rotatable bonds is 4. The second-order valence-corrected chi connectivity index (χ2v) is 10.9. The van der Waals surface area contributed by atoms with E-state index in [1.165, 1.54) is 16.5 Å². The van der Waals surface area contributed by atoms with E-state index in [4.69, 9.17) is 9.15 Å². The van der Waals surface area contributed by atoms with Gasteiger partial charge in [-0.15, -0.1) is 0 Å². The van der Waals surface area contributed by atoms with Gasteiger partial charge in [-0.2, -0.15) is 0 Å². The molecule has 0 amide bonds. The number of para-hydroxylation sites is 4. The Morgan fingerprint density at radius 1 is 0.419 bits per heavy atom. The van der Waals surface area contributed by atoms with Crippen molar-refractivity contribution in [2.24, 2.45) is 0 Å². The van der Waals surface area contributed by atoms with E-state index in [0.29, 0.717) is 0 Å². The van der Waals surface area contributed by atoms with Crippen LogP contribution in [0.3, 0.4) is 0 Å². The van der Waals surface area contributed by atoms with Crippen molar-refractivity contribution in [3.05, 3.63) is 152 Å². The Hall–Kier alpha value is -5.80. The second-order valence-electron chi connectivity index (χ2n) is 10.9. The molecule has 0 atom stereocenters. The lowest BCUT2D eigenvalue weighted by molar-refractivity contribution is 0.487. The van der Waals surface area contributed by atoms with Gasteiger partial charge < -0.3 is 14.1 Å². The van der Waals surface area contributed by atoms with Crippen LogP contribution in [-0.2, 0) is 0 Å². The normalized spacial score (nSPS) is 11.9. The lowest BCUT2D eigenvalue weighted by Gasteiger charge is -2.26. The minimum absolute atomic E-state index is 0.875. The van der Waals surface area contributed by atoms with Crippen molar-refractivity contribution in [2.75, 3.05) is 4.90 Å². The number of benzene rings is 7. The first kappa shape index (κ1) is 23.9. The average molecular weight is 552 g/mol. The Balaban J connectivity index is 1.19. The van der Waals surface area contributed by atoms with Crippen molar-refractivity contribution >= 4 is 49.8 Å². The van der Waals surface area contributed by atoms with E-state index in [9.17, 15) is 0 Å². The van der Waals surface area contributed by atoms with E-state index in [1.54, 1.807) is 0 Å². The first-order chi connectivity index (χ1) is 21.3. The van der Waals surface area contributed by atoms with Gasteiger partial charge in [0.15, 0.2) is 5.58 Å². The molecular formula is C40H25NO2. The van der Waals surface area contributed by atoms with Gasteiger partial charge in [-0.05, 0) is 70.6 Å². The highest BCUT2D eigenvalue weighted by Gasteiger charge is 2.22. The smallest absolute Gasteiger partial charge is 0.159 e. The molecule has 3 heteroatoms.